The van der Waals surface area contributed by atoms with Crippen LogP contribution in [0, 0.1) is 5.82 Å². The molecule has 0 aliphatic carbocycles. The van der Waals surface area contributed by atoms with Crippen LogP contribution < -0.4 is 40.6 Å². The lowest BCUT2D eigenvalue weighted by molar-refractivity contribution is -0.121. The molecule has 0 aliphatic rings. The molecule has 0 spiro atoms. The van der Waals surface area contributed by atoms with Gasteiger partial charge in [0.15, 0.2) is 23.0 Å². The third kappa shape index (κ3) is 13.8. The largest absolute Gasteiger partial charge is 0.493 e. The molecule has 17 heteroatoms. The first-order valence-corrected chi connectivity index (χ1v) is 23.0. The van der Waals surface area contributed by atoms with Crippen molar-refractivity contribution in [3.63, 3.8) is 0 Å². The molecule has 0 saturated carbocycles. The average molecular weight is 994 g/mol. The van der Waals surface area contributed by atoms with E-state index in [-0.39, 0.29) is 46.5 Å². The topological polar surface area (TPSA) is 221 Å². The number of amides is 3. The molecule has 16 nitrogen and oxygen atoms in total. The molecule has 73 heavy (non-hydrogen) atoms. The van der Waals surface area contributed by atoms with E-state index in [4.69, 9.17) is 29.8 Å². The molecule has 0 bridgehead atoms. The van der Waals surface area contributed by atoms with E-state index in [9.17, 15) is 23.6 Å². The maximum Gasteiger partial charge on any atom is 0.337 e. The Morgan fingerprint density at radius 1 is 0.644 bits per heavy atom. The van der Waals surface area contributed by atoms with Crippen molar-refractivity contribution in [2.75, 3.05) is 52.2 Å². The third-order valence-electron chi connectivity index (χ3n) is 12.1. The smallest absolute Gasteiger partial charge is 0.337 e. The minimum absolute atomic E-state index is 0.0914. The highest BCUT2D eigenvalue weighted by atomic mass is 19.1. The molecule has 7 N–H and O–H groups in total. The van der Waals surface area contributed by atoms with Crippen LogP contribution in [0.5, 0.6) is 23.0 Å². The van der Waals surface area contributed by atoms with Crippen LogP contribution in [0.2, 0.25) is 0 Å². The number of methoxy groups -OCH3 is 4. The summed E-state index contributed by atoms with van der Waals surface area (Å²) < 4.78 is 36.1. The predicted molar refractivity (Wildman–Crippen MR) is 281 cm³/mol. The van der Waals surface area contributed by atoms with Crippen LogP contribution in [0.1, 0.15) is 69.9 Å². The van der Waals surface area contributed by atoms with Gasteiger partial charge in [-0.05, 0) is 108 Å². The molecule has 0 radical (unpaired) electrons. The van der Waals surface area contributed by atoms with Crippen molar-refractivity contribution < 1.29 is 47.6 Å². The van der Waals surface area contributed by atoms with E-state index in [1.165, 1.54) is 32.5 Å². The van der Waals surface area contributed by atoms with E-state index >= 15 is 0 Å². The fraction of sp³-hybridized carbons (Fsp3) is 0.232. The van der Waals surface area contributed by atoms with Crippen molar-refractivity contribution in [3.8, 4) is 23.0 Å². The van der Waals surface area contributed by atoms with Crippen LogP contribution in [0.3, 0.4) is 0 Å². The first-order valence-electron chi connectivity index (χ1n) is 23.0. The summed E-state index contributed by atoms with van der Waals surface area (Å²) >= 11 is 0. The highest BCUT2D eigenvalue weighted by Crippen LogP contribution is 2.30. The second-order valence-electron chi connectivity index (χ2n) is 18.0. The van der Waals surface area contributed by atoms with Crippen molar-refractivity contribution in [1.29, 1.82) is 0 Å². The summed E-state index contributed by atoms with van der Waals surface area (Å²) in [7, 11) is 6.16. The molecule has 3 heterocycles. The quantitative estimate of drug-likeness (QED) is 0.0535. The number of nitrogens with one attached hydrogen (secondary N) is 4. The fourth-order valence-corrected chi connectivity index (χ4v) is 7.49. The zero-order valence-electron chi connectivity index (χ0n) is 42.0. The number of aromatic nitrogens is 3. The standard InChI is InChI=1S/C29H30FN3O4.C19H24N2O3.C8H6N2O2/c1-29(2,18-31-27(34)17-33-14-13-19-15-22(30)8-11-24(19)33)21-6-9-23(10-7-21)32-28(35)20-5-12-25(36-3)26(16-20)37-4;1-19(2,12-20)14-6-8-15(9-7-14)21-18(22)13-5-10-16(23-3)17(11-13)24-4;11-8(12)6-3-5-1-2-9-7(5)10-4-6/h5-16H,17-18H2,1-4H3,(H,31,34)(H,32,35);5-11H,12,20H2,1-4H3,(H,21,22);1-4H,(H,9,10)(H,11,12). The highest BCUT2D eigenvalue weighted by molar-refractivity contribution is 6.05. The van der Waals surface area contributed by atoms with Crippen molar-refractivity contribution in [1.82, 2.24) is 19.9 Å². The number of carbonyl (C=O) groups is 4. The summed E-state index contributed by atoms with van der Waals surface area (Å²) in [5.41, 5.74) is 11.6. The van der Waals surface area contributed by atoms with Gasteiger partial charge in [0.1, 0.15) is 18.0 Å². The molecule has 0 unspecified atom stereocenters. The zero-order chi connectivity index (χ0) is 52.9. The van der Waals surface area contributed by atoms with Crippen molar-refractivity contribution in [2.45, 2.75) is 45.1 Å². The van der Waals surface area contributed by atoms with Gasteiger partial charge in [-0.1, -0.05) is 52.0 Å². The summed E-state index contributed by atoms with van der Waals surface area (Å²) in [5.74, 6) is 0.278. The number of aromatic carboxylic acids is 1. The number of benzene rings is 5. The molecule has 8 rings (SSSR count). The fourth-order valence-electron chi connectivity index (χ4n) is 7.49. The van der Waals surface area contributed by atoms with Crippen LogP contribution in [0.4, 0.5) is 15.8 Å². The number of carboxylic acid groups (broad SMARTS) is 1. The number of nitrogens with zero attached hydrogens (tertiary/aromatic N) is 2. The molecule has 0 fully saturated rings. The number of aromatic amines is 1. The number of carbonyl (C=O) groups excluding carboxylic acids is 3. The summed E-state index contributed by atoms with van der Waals surface area (Å²) in [6, 6.07) is 35.0. The molecule has 0 saturated heterocycles. The summed E-state index contributed by atoms with van der Waals surface area (Å²) in [6.45, 7) is 9.39. The van der Waals surface area contributed by atoms with E-state index in [1.807, 2.05) is 62.4 Å². The molecular weight excluding hydrogens is 934 g/mol. The number of hydrogen-bond donors (Lipinski definition) is 6. The van der Waals surface area contributed by atoms with Gasteiger partial charge in [-0.2, -0.15) is 0 Å². The number of hydrogen-bond acceptors (Lipinski definition) is 10. The maximum absolute atomic E-state index is 13.4. The second kappa shape index (κ2) is 23.9. The van der Waals surface area contributed by atoms with Gasteiger partial charge in [-0.15, -0.1) is 0 Å². The van der Waals surface area contributed by atoms with Crippen molar-refractivity contribution in [3.05, 3.63) is 174 Å². The SMILES string of the molecule is COc1ccc(C(=O)Nc2ccc(C(C)(C)CN)cc2)cc1OC.COc1ccc(C(=O)Nc2ccc(C(C)(C)CNC(=O)Cn3ccc4cc(F)ccc43)cc2)cc1OC.O=C(O)c1cnc2[nH]ccc2c1. The van der Waals surface area contributed by atoms with Crippen LogP contribution in [0.25, 0.3) is 21.9 Å². The normalized spacial score (nSPS) is 11.0. The second-order valence-corrected chi connectivity index (χ2v) is 18.0. The maximum atomic E-state index is 13.4. The Morgan fingerprint density at radius 2 is 1.18 bits per heavy atom. The Kier molecular flexibility index (Phi) is 17.6. The number of halogens is 1. The van der Waals surface area contributed by atoms with Crippen LogP contribution in [-0.4, -0.2) is 84.9 Å². The average Bonchev–Trinajstić information content (AvgIpc) is 4.04. The number of ether oxygens (including phenoxy) is 4. The van der Waals surface area contributed by atoms with E-state index in [0.717, 1.165) is 33.1 Å². The molecule has 3 amide bonds. The van der Waals surface area contributed by atoms with Gasteiger partial charge in [0.2, 0.25) is 5.91 Å². The van der Waals surface area contributed by atoms with Crippen LogP contribution in [-0.2, 0) is 22.2 Å². The first kappa shape index (κ1) is 53.6. The van der Waals surface area contributed by atoms with E-state index in [1.54, 1.807) is 91.8 Å². The number of carboxylic acids is 1. The van der Waals surface area contributed by atoms with Gasteiger partial charge >= 0.3 is 5.97 Å². The Morgan fingerprint density at radius 3 is 1.68 bits per heavy atom. The van der Waals surface area contributed by atoms with Crippen molar-refractivity contribution >= 4 is 57.0 Å². The van der Waals surface area contributed by atoms with Gasteiger partial charge in [0, 0.05) is 81.3 Å². The number of fused-ring (bicyclic) bond motifs is 2. The molecule has 380 valence electrons. The summed E-state index contributed by atoms with van der Waals surface area (Å²) in [5, 5.41) is 19.0. The van der Waals surface area contributed by atoms with Crippen LogP contribution >= 0.6 is 0 Å². The van der Waals surface area contributed by atoms with E-state index in [2.05, 4.69) is 39.8 Å². The lowest BCUT2D eigenvalue weighted by Gasteiger charge is -2.26. The number of anilines is 2. The van der Waals surface area contributed by atoms with E-state index in [0.29, 0.717) is 58.5 Å². The van der Waals surface area contributed by atoms with Gasteiger partial charge in [-0.25, -0.2) is 14.2 Å². The minimum Gasteiger partial charge on any atom is -0.493 e. The van der Waals surface area contributed by atoms with Gasteiger partial charge in [0.25, 0.3) is 11.8 Å². The minimum atomic E-state index is -0.953. The monoisotopic (exact) mass is 993 g/mol. The molecule has 0 aliphatic heterocycles. The number of rotatable bonds is 16. The third-order valence-corrected chi connectivity index (χ3v) is 12.1. The summed E-state index contributed by atoms with van der Waals surface area (Å²) in [4.78, 5) is 55.0. The Balaban J connectivity index is 0.000000204. The van der Waals surface area contributed by atoms with Gasteiger partial charge < -0.3 is 55.3 Å². The lowest BCUT2D eigenvalue weighted by Crippen LogP contribution is -2.38. The van der Waals surface area contributed by atoms with Gasteiger partial charge in [0.05, 0.1) is 34.0 Å². The Hall–Kier alpha value is -8.70. The Bertz CT molecular complexity index is 3200. The number of pyridine rings is 1. The molecule has 3 aromatic heterocycles. The molecule has 8 aromatic rings. The van der Waals surface area contributed by atoms with Crippen LogP contribution in [0.15, 0.2) is 140 Å². The van der Waals surface area contributed by atoms with Gasteiger partial charge in [-0.3, -0.25) is 14.4 Å². The molecule has 0 atom stereocenters. The number of H-pyrrole nitrogens is 1. The van der Waals surface area contributed by atoms with E-state index < -0.39 is 5.97 Å². The molecule has 5 aromatic carbocycles. The predicted octanol–water partition coefficient (Wildman–Crippen LogP) is 9.60. The van der Waals surface area contributed by atoms with Crippen molar-refractivity contribution in [2.24, 2.45) is 5.73 Å². The first-order chi connectivity index (χ1) is 34.9. The summed E-state index contributed by atoms with van der Waals surface area (Å²) in [6.07, 6.45) is 4.84. The zero-order valence-corrected chi connectivity index (χ0v) is 42.0. The number of nitrogens with two attached hydrogens (primary N) is 1. The highest BCUT2D eigenvalue weighted by Gasteiger charge is 2.23. The lowest BCUT2D eigenvalue weighted by atomic mass is 9.84. The molecular formula is C56H60FN7O9. The Labute approximate surface area is 422 Å².